The third-order valence-electron chi connectivity index (χ3n) is 4.78. The van der Waals surface area contributed by atoms with E-state index in [0.29, 0.717) is 42.4 Å². The summed E-state index contributed by atoms with van der Waals surface area (Å²) in [6.45, 7) is 0.267. The van der Waals surface area contributed by atoms with Gasteiger partial charge in [-0.05, 0) is 35.4 Å². The van der Waals surface area contributed by atoms with E-state index in [4.69, 9.17) is 18.9 Å². The van der Waals surface area contributed by atoms with Crippen molar-refractivity contribution in [3.8, 4) is 17.2 Å². The maximum atomic E-state index is 12.4. The molecule has 0 aromatic heterocycles. The SMILES string of the molecule is O=C(COc1ccccc1Cc1ccccc1)OCC(=O)c1ccc2c(c1)OCCO2. The summed E-state index contributed by atoms with van der Waals surface area (Å²) in [5.74, 6) is 0.792. The predicted molar refractivity (Wildman–Crippen MR) is 114 cm³/mol. The van der Waals surface area contributed by atoms with Crippen LogP contribution in [0.3, 0.4) is 0 Å². The molecular weight excluding hydrogens is 396 g/mol. The summed E-state index contributed by atoms with van der Waals surface area (Å²) in [6.07, 6.45) is 0.689. The highest BCUT2D eigenvalue weighted by Crippen LogP contribution is 2.30. The Morgan fingerprint density at radius 1 is 0.806 bits per heavy atom. The van der Waals surface area contributed by atoms with Crippen LogP contribution in [0.25, 0.3) is 0 Å². The number of ketones is 1. The van der Waals surface area contributed by atoms with Gasteiger partial charge in [0.05, 0.1) is 0 Å². The molecule has 0 amide bonds. The van der Waals surface area contributed by atoms with Gasteiger partial charge < -0.3 is 18.9 Å². The first-order valence-electron chi connectivity index (χ1n) is 10.0. The van der Waals surface area contributed by atoms with Gasteiger partial charge in [-0.15, -0.1) is 0 Å². The Labute approximate surface area is 180 Å². The molecule has 0 saturated carbocycles. The van der Waals surface area contributed by atoms with E-state index < -0.39 is 5.97 Å². The Hall–Kier alpha value is -3.80. The van der Waals surface area contributed by atoms with E-state index in [0.717, 1.165) is 11.1 Å². The Morgan fingerprint density at radius 3 is 2.39 bits per heavy atom. The maximum absolute atomic E-state index is 12.4. The molecule has 6 nitrogen and oxygen atoms in total. The monoisotopic (exact) mass is 418 g/mol. The molecular formula is C25H22O6. The van der Waals surface area contributed by atoms with Crippen molar-refractivity contribution in [3.63, 3.8) is 0 Å². The van der Waals surface area contributed by atoms with Crippen molar-refractivity contribution in [1.82, 2.24) is 0 Å². The van der Waals surface area contributed by atoms with Gasteiger partial charge in [-0.2, -0.15) is 0 Å². The zero-order valence-electron chi connectivity index (χ0n) is 16.9. The van der Waals surface area contributed by atoms with E-state index in [1.165, 1.54) is 0 Å². The summed E-state index contributed by atoms with van der Waals surface area (Å²) in [6, 6.07) is 22.4. The smallest absolute Gasteiger partial charge is 0.344 e. The van der Waals surface area contributed by atoms with Crippen molar-refractivity contribution in [2.24, 2.45) is 0 Å². The first-order valence-corrected chi connectivity index (χ1v) is 10.0. The standard InChI is InChI=1S/C25H22O6/c26-21(19-10-11-23-24(15-19)29-13-12-28-23)16-31-25(27)17-30-22-9-5-4-8-20(22)14-18-6-2-1-3-7-18/h1-11,15H,12-14,16-17H2. The average Bonchev–Trinajstić information content (AvgIpc) is 2.82. The quantitative estimate of drug-likeness (QED) is 0.409. The number of hydrogen-bond donors (Lipinski definition) is 0. The van der Waals surface area contributed by atoms with Gasteiger partial charge >= 0.3 is 5.97 Å². The highest BCUT2D eigenvalue weighted by atomic mass is 16.6. The van der Waals surface area contributed by atoms with Crippen LogP contribution in [0.15, 0.2) is 72.8 Å². The van der Waals surface area contributed by atoms with Crippen molar-refractivity contribution in [3.05, 3.63) is 89.5 Å². The van der Waals surface area contributed by atoms with Crippen LogP contribution in [0, 0.1) is 0 Å². The molecule has 3 aromatic rings. The van der Waals surface area contributed by atoms with Crippen molar-refractivity contribution < 1.29 is 28.5 Å². The second kappa shape index (κ2) is 9.80. The van der Waals surface area contributed by atoms with E-state index in [-0.39, 0.29) is 19.0 Å². The van der Waals surface area contributed by atoms with Crippen LogP contribution < -0.4 is 14.2 Å². The molecule has 1 aliphatic rings. The summed E-state index contributed by atoms with van der Waals surface area (Å²) < 4.78 is 21.7. The van der Waals surface area contributed by atoms with Gasteiger partial charge in [0.25, 0.3) is 0 Å². The van der Waals surface area contributed by atoms with Gasteiger partial charge in [0, 0.05) is 12.0 Å². The number of Topliss-reactive ketones (excluding diaryl/α,β-unsaturated/α-hetero) is 1. The minimum atomic E-state index is -0.611. The van der Waals surface area contributed by atoms with Crippen LogP contribution in [0.1, 0.15) is 21.5 Å². The lowest BCUT2D eigenvalue weighted by Gasteiger charge is -2.18. The number of benzene rings is 3. The third-order valence-corrected chi connectivity index (χ3v) is 4.78. The number of hydrogen-bond acceptors (Lipinski definition) is 6. The average molecular weight is 418 g/mol. The molecule has 0 N–H and O–H groups in total. The summed E-state index contributed by atoms with van der Waals surface area (Å²) >= 11 is 0. The van der Waals surface area contributed by atoms with Gasteiger partial charge in [-0.25, -0.2) is 4.79 Å². The Kier molecular flexibility index (Phi) is 6.47. The van der Waals surface area contributed by atoms with Crippen LogP contribution >= 0.6 is 0 Å². The predicted octanol–water partition coefficient (Wildman–Crippen LogP) is 3.85. The van der Waals surface area contributed by atoms with Crippen molar-refractivity contribution in [2.45, 2.75) is 6.42 Å². The fourth-order valence-electron chi connectivity index (χ4n) is 3.23. The molecule has 1 heterocycles. The number of esters is 1. The topological polar surface area (TPSA) is 71.1 Å². The van der Waals surface area contributed by atoms with Gasteiger partial charge in [0.1, 0.15) is 19.0 Å². The molecule has 0 radical (unpaired) electrons. The Morgan fingerprint density at radius 2 is 1.55 bits per heavy atom. The maximum Gasteiger partial charge on any atom is 0.344 e. The minimum absolute atomic E-state index is 0.278. The summed E-state index contributed by atoms with van der Waals surface area (Å²) in [5, 5.41) is 0. The van der Waals surface area contributed by atoms with Crippen LogP contribution in [-0.2, 0) is 16.0 Å². The zero-order valence-corrected chi connectivity index (χ0v) is 16.9. The minimum Gasteiger partial charge on any atom is -0.486 e. The highest BCUT2D eigenvalue weighted by Gasteiger charge is 2.16. The molecule has 3 aromatic carbocycles. The molecule has 0 aliphatic carbocycles. The van der Waals surface area contributed by atoms with Crippen LogP contribution in [0.4, 0.5) is 0 Å². The fraction of sp³-hybridized carbons (Fsp3) is 0.200. The Bertz CT molecular complexity index is 1060. The second-order valence-corrected chi connectivity index (χ2v) is 7.00. The lowest BCUT2D eigenvalue weighted by molar-refractivity contribution is -0.144. The molecule has 0 fully saturated rings. The van der Waals surface area contributed by atoms with E-state index in [1.54, 1.807) is 18.2 Å². The lowest BCUT2D eigenvalue weighted by Crippen LogP contribution is -2.20. The lowest BCUT2D eigenvalue weighted by atomic mass is 10.0. The molecule has 0 bridgehead atoms. The van der Waals surface area contributed by atoms with E-state index in [2.05, 4.69) is 0 Å². The molecule has 0 unspecified atom stereocenters. The Balaban J connectivity index is 1.29. The largest absolute Gasteiger partial charge is 0.486 e. The zero-order chi connectivity index (χ0) is 21.5. The van der Waals surface area contributed by atoms with Crippen LogP contribution in [0.2, 0.25) is 0 Å². The van der Waals surface area contributed by atoms with Crippen molar-refractivity contribution in [1.29, 1.82) is 0 Å². The summed E-state index contributed by atoms with van der Waals surface area (Å²) in [4.78, 5) is 24.5. The normalized spacial score (nSPS) is 12.1. The van der Waals surface area contributed by atoms with E-state index >= 15 is 0 Å². The van der Waals surface area contributed by atoms with E-state index in [9.17, 15) is 9.59 Å². The molecule has 4 rings (SSSR count). The molecule has 0 atom stereocenters. The third kappa shape index (κ3) is 5.42. The van der Waals surface area contributed by atoms with Crippen LogP contribution in [-0.4, -0.2) is 38.2 Å². The second-order valence-electron chi connectivity index (χ2n) is 7.00. The number of ether oxygens (including phenoxy) is 4. The summed E-state index contributed by atoms with van der Waals surface area (Å²) in [5.41, 5.74) is 2.51. The number of carbonyl (C=O) groups is 2. The van der Waals surface area contributed by atoms with Crippen LogP contribution in [0.5, 0.6) is 17.2 Å². The number of rotatable bonds is 8. The molecule has 31 heavy (non-hydrogen) atoms. The first kappa shape index (κ1) is 20.5. The molecule has 0 spiro atoms. The molecule has 1 aliphatic heterocycles. The van der Waals surface area contributed by atoms with Gasteiger partial charge in [0.15, 0.2) is 30.5 Å². The molecule has 158 valence electrons. The highest BCUT2D eigenvalue weighted by molar-refractivity contribution is 5.98. The summed E-state index contributed by atoms with van der Waals surface area (Å²) in [7, 11) is 0. The van der Waals surface area contributed by atoms with Gasteiger partial charge in [0.2, 0.25) is 0 Å². The van der Waals surface area contributed by atoms with E-state index in [1.807, 2.05) is 54.6 Å². The first-order chi connectivity index (χ1) is 15.2. The molecule has 6 heteroatoms. The number of fused-ring (bicyclic) bond motifs is 1. The number of carbonyl (C=O) groups excluding carboxylic acids is 2. The van der Waals surface area contributed by atoms with Gasteiger partial charge in [-0.1, -0.05) is 48.5 Å². The van der Waals surface area contributed by atoms with Gasteiger partial charge in [-0.3, -0.25) is 4.79 Å². The van der Waals surface area contributed by atoms with Crippen molar-refractivity contribution in [2.75, 3.05) is 26.4 Å². The number of para-hydroxylation sites is 1. The van der Waals surface area contributed by atoms with Crippen molar-refractivity contribution >= 4 is 11.8 Å². The molecule has 0 saturated heterocycles. The fourth-order valence-corrected chi connectivity index (χ4v) is 3.23.